The molecule has 22 heavy (non-hydrogen) atoms. The number of allylic oxidation sites excluding steroid dienone is 1. The van der Waals surface area contributed by atoms with Crippen LogP contribution in [0.3, 0.4) is 0 Å². The molecule has 0 heterocycles. The highest BCUT2D eigenvalue weighted by Crippen LogP contribution is 2.81. The molecule has 5 aliphatic carbocycles. The van der Waals surface area contributed by atoms with Crippen LogP contribution >= 0.6 is 0 Å². The second-order valence-electron chi connectivity index (χ2n) is 8.90. The lowest BCUT2D eigenvalue weighted by molar-refractivity contribution is -0.120. The van der Waals surface area contributed by atoms with E-state index < -0.39 is 0 Å². The van der Waals surface area contributed by atoms with E-state index in [4.69, 9.17) is 0 Å². The van der Waals surface area contributed by atoms with Gasteiger partial charge in [0, 0.05) is 6.42 Å². The molecule has 0 radical (unpaired) electrons. The minimum absolute atomic E-state index is 0.0379. The summed E-state index contributed by atoms with van der Waals surface area (Å²) < 4.78 is 0. The van der Waals surface area contributed by atoms with Crippen molar-refractivity contribution in [3.63, 3.8) is 0 Å². The molecule has 4 fully saturated rings. The first-order valence-corrected chi connectivity index (χ1v) is 9.12. The Morgan fingerprint density at radius 1 is 1.18 bits per heavy atom. The molecule has 1 spiro atoms. The zero-order valence-corrected chi connectivity index (χ0v) is 13.3. The summed E-state index contributed by atoms with van der Waals surface area (Å²) in [5.74, 6) is 2.60. The van der Waals surface area contributed by atoms with Crippen molar-refractivity contribution in [1.29, 1.82) is 0 Å². The highest BCUT2D eigenvalue weighted by molar-refractivity contribution is 5.94. The van der Waals surface area contributed by atoms with Crippen molar-refractivity contribution in [2.75, 3.05) is 0 Å². The van der Waals surface area contributed by atoms with Crippen molar-refractivity contribution in [1.82, 2.24) is 0 Å². The van der Waals surface area contributed by atoms with Gasteiger partial charge in [-0.2, -0.15) is 0 Å². The zero-order chi connectivity index (χ0) is 15.3. The number of ketones is 1. The lowest BCUT2D eigenvalue weighted by Crippen LogP contribution is -2.50. The van der Waals surface area contributed by atoms with E-state index >= 15 is 0 Å². The fourth-order valence-corrected chi connectivity index (χ4v) is 7.48. The van der Waals surface area contributed by atoms with Crippen LogP contribution in [0.15, 0.2) is 11.3 Å². The molecular weight excluding hydrogens is 276 g/mol. The Labute approximate surface area is 131 Å². The minimum atomic E-state index is -0.106. The number of fused-ring (bicyclic) bond motifs is 3. The Bertz CT molecular complexity index is 593. The molecule has 0 aromatic carbocycles. The average Bonchev–Trinajstić information content (AvgIpc) is 3.16. The highest BCUT2D eigenvalue weighted by Gasteiger charge is 2.77. The van der Waals surface area contributed by atoms with E-state index in [0.717, 1.165) is 43.6 Å². The van der Waals surface area contributed by atoms with Gasteiger partial charge in [-0.1, -0.05) is 6.92 Å². The van der Waals surface area contributed by atoms with Gasteiger partial charge in [0.05, 0.1) is 6.10 Å². The lowest BCUT2D eigenvalue weighted by Gasteiger charge is -2.55. The van der Waals surface area contributed by atoms with Gasteiger partial charge in [0.2, 0.25) is 0 Å². The van der Waals surface area contributed by atoms with E-state index in [-0.39, 0.29) is 23.1 Å². The van der Waals surface area contributed by atoms with Gasteiger partial charge in [-0.25, -0.2) is 0 Å². The number of carbonyl (C=O) groups excluding carboxylic acids is 1. The van der Waals surface area contributed by atoms with Gasteiger partial charge in [0.1, 0.15) is 0 Å². The van der Waals surface area contributed by atoms with E-state index in [1.54, 1.807) is 0 Å². The molecular formula is C19H26O3. The molecule has 7 atom stereocenters. The molecule has 0 aliphatic heterocycles. The third-order valence-corrected chi connectivity index (χ3v) is 8.57. The predicted octanol–water partition coefficient (Wildman–Crippen LogP) is 3.37. The maximum atomic E-state index is 11.8. The van der Waals surface area contributed by atoms with Gasteiger partial charge >= 0.3 is 0 Å². The van der Waals surface area contributed by atoms with Crippen molar-refractivity contribution < 1.29 is 15.0 Å². The quantitative estimate of drug-likeness (QED) is 0.721. The minimum Gasteiger partial charge on any atom is -0.504 e. The molecule has 3 heteroatoms. The van der Waals surface area contributed by atoms with Crippen LogP contribution in [0.5, 0.6) is 0 Å². The largest absolute Gasteiger partial charge is 0.504 e. The molecule has 3 nitrogen and oxygen atoms in total. The summed E-state index contributed by atoms with van der Waals surface area (Å²) >= 11 is 0. The summed E-state index contributed by atoms with van der Waals surface area (Å²) in [6, 6.07) is 0. The summed E-state index contributed by atoms with van der Waals surface area (Å²) in [5, 5.41) is 20.8. The number of hydrogen-bond donors (Lipinski definition) is 2. The normalized spacial score (nSPS) is 56.1. The molecule has 0 aromatic heterocycles. The topological polar surface area (TPSA) is 57.5 Å². The molecule has 4 saturated carbocycles. The fourth-order valence-electron chi connectivity index (χ4n) is 7.48. The van der Waals surface area contributed by atoms with Crippen LogP contribution in [-0.2, 0) is 4.79 Å². The second-order valence-corrected chi connectivity index (χ2v) is 8.90. The van der Waals surface area contributed by atoms with Crippen molar-refractivity contribution in [3.05, 3.63) is 11.3 Å². The first-order valence-electron chi connectivity index (χ1n) is 9.12. The van der Waals surface area contributed by atoms with E-state index in [1.165, 1.54) is 12.8 Å². The maximum Gasteiger partial charge on any atom is 0.197 e. The van der Waals surface area contributed by atoms with Gasteiger partial charge in [-0.15, -0.1) is 0 Å². The highest BCUT2D eigenvalue weighted by atomic mass is 16.3. The first kappa shape index (κ1) is 13.6. The Balaban J connectivity index is 1.54. The van der Waals surface area contributed by atoms with Crippen molar-refractivity contribution >= 4 is 5.78 Å². The Kier molecular flexibility index (Phi) is 2.46. The van der Waals surface area contributed by atoms with Crippen LogP contribution in [0, 0.1) is 34.5 Å². The van der Waals surface area contributed by atoms with Crippen molar-refractivity contribution in [2.45, 2.75) is 64.4 Å². The number of Topliss-reactive ketones (excluding diaryl/α,β-unsaturated/α-hetero) is 1. The molecule has 3 unspecified atom stereocenters. The van der Waals surface area contributed by atoms with E-state index in [0.29, 0.717) is 29.6 Å². The van der Waals surface area contributed by atoms with Crippen LogP contribution in [-0.4, -0.2) is 22.1 Å². The SMILES string of the molecule is C[C@]12CCC3C4CCC(=O)C(O)=C4CCC3[C@@]13C[C@H]3C[C@H]2O. The number of aliphatic hydroxyl groups is 2. The summed E-state index contributed by atoms with van der Waals surface area (Å²) in [6.07, 6.45) is 8.02. The summed E-state index contributed by atoms with van der Waals surface area (Å²) in [7, 11) is 0. The average molecular weight is 302 g/mol. The number of rotatable bonds is 0. The number of carbonyl (C=O) groups is 1. The van der Waals surface area contributed by atoms with E-state index in [9.17, 15) is 15.0 Å². The van der Waals surface area contributed by atoms with Crippen LogP contribution in [0.4, 0.5) is 0 Å². The van der Waals surface area contributed by atoms with Gasteiger partial charge in [-0.3, -0.25) is 4.79 Å². The predicted molar refractivity (Wildman–Crippen MR) is 82.1 cm³/mol. The molecule has 0 aromatic rings. The van der Waals surface area contributed by atoms with Gasteiger partial charge in [0.15, 0.2) is 11.5 Å². The zero-order valence-electron chi connectivity index (χ0n) is 13.3. The van der Waals surface area contributed by atoms with Gasteiger partial charge in [-0.05, 0) is 85.0 Å². The van der Waals surface area contributed by atoms with Crippen LogP contribution in [0.1, 0.15) is 58.3 Å². The molecule has 5 rings (SSSR count). The summed E-state index contributed by atoms with van der Waals surface area (Å²) in [5.41, 5.74) is 1.60. The van der Waals surface area contributed by atoms with Crippen LogP contribution in [0.2, 0.25) is 0 Å². The third-order valence-electron chi connectivity index (χ3n) is 8.57. The molecule has 2 N–H and O–H groups in total. The summed E-state index contributed by atoms with van der Waals surface area (Å²) in [4.78, 5) is 11.8. The number of hydrogen-bond acceptors (Lipinski definition) is 3. The van der Waals surface area contributed by atoms with Gasteiger partial charge in [0.25, 0.3) is 0 Å². The first-order chi connectivity index (χ1) is 10.5. The molecule has 120 valence electrons. The molecule has 0 bridgehead atoms. The van der Waals surface area contributed by atoms with E-state index in [2.05, 4.69) is 6.92 Å². The van der Waals surface area contributed by atoms with Gasteiger partial charge < -0.3 is 10.2 Å². The third kappa shape index (κ3) is 1.32. The van der Waals surface area contributed by atoms with Crippen molar-refractivity contribution in [2.24, 2.45) is 34.5 Å². The molecule has 0 amide bonds. The monoisotopic (exact) mass is 302 g/mol. The Hall–Kier alpha value is -0.830. The smallest absolute Gasteiger partial charge is 0.197 e. The maximum absolute atomic E-state index is 11.8. The number of aliphatic hydroxyl groups excluding tert-OH is 2. The Morgan fingerprint density at radius 2 is 2.00 bits per heavy atom. The van der Waals surface area contributed by atoms with Crippen LogP contribution < -0.4 is 0 Å². The van der Waals surface area contributed by atoms with Crippen molar-refractivity contribution in [3.8, 4) is 0 Å². The Morgan fingerprint density at radius 3 is 2.82 bits per heavy atom. The lowest BCUT2D eigenvalue weighted by atomic mass is 9.49. The molecule has 0 saturated heterocycles. The molecule has 5 aliphatic rings. The summed E-state index contributed by atoms with van der Waals surface area (Å²) in [6.45, 7) is 2.34. The van der Waals surface area contributed by atoms with E-state index in [1.807, 2.05) is 0 Å². The second kappa shape index (κ2) is 3.98. The fraction of sp³-hybridized carbons (Fsp3) is 0.842. The van der Waals surface area contributed by atoms with Crippen LogP contribution in [0.25, 0.3) is 0 Å². The standard InChI is InChI=1S/C19H26O3/c1-18-7-6-12-11-3-5-15(20)17(22)13(11)2-4-14(12)19(18)9-10(19)8-16(18)21/h10-12,14,16,21-22H,2-9H2,1H3/t10-,11?,12?,14?,16-,18-,19+/m1/s1.